The number of anilines is 2. The molecule has 5 rings (SSSR count). The van der Waals surface area contributed by atoms with Crippen molar-refractivity contribution in [3.63, 3.8) is 0 Å². The highest BCUT2D eigenvalue weighted by atomic mass is 16.2. The van der Waals surface area contributed by atoms with Gasteiger partial charge in [0.2, 0.25) is 0 Å². The molecule has 6 nitrogen and oxygen atoms in total. The quantitative estimate of drug-likeness (QED) is 0.818. The summed E-state index contributed by atoms with van der Waals surface area (Å²) < 4.78 is 0. The fourth-order valence-corrected chi connectivity index (χ4v) is 4.81. The molecule has 1 atom stereocenters. The average Bonchev–Trinajstić information content (AvgIpc) is 3.13. The number of carbonyl (C=O) groups excluding carboxylic acids is 2. The van der Waals surface area contributed by atoms with Gasteiger partial charge in [-0.15, -0.1) is 0 Å². The molecule has 0 aromatic heterocycles. The van der Waals surface area contributed by atoms with Crippen molar-refractivity contribution >= 4 is 23.4 Å². The fourth-order valence-electron chi connectivity index (χ4n) is 4.81. The Morgan fingerprint density at radius 3 is 2.04 bits per heavy atom. The Morgan fingerprint density at radius 1 is 0.704 bits per heavy atom. The lowest BCUT2D eigenvalue weighted by Gasteiger charge is -2.59. The van der Waals surface area contributed by atoms with Gasteiger partial charge >= 0.3 is 12.1 Å². The molecule has 0 saturated carbocycles. The van der Waals surface area contributed by atoms with Crippen LogP contribution in [0.15, 0.2) is 60.7 Å². The minimum absolute atomic E-state index is 0.218. The van der Waals surface area contributed by atoms with Crippen LogP contribution in [0, 0.1) is 0 Å². The van der Waals surface area contributed by atoms with E-state index in [1.54, 1.807) is 0 Å². The van der Waals surface area contributed by atoms with E-state index in [2.05, 4.69) is 4.90 Å². The van der Waals surface area contributed by atoms with Gasteiger partial charge < -0.3 is 0 Å². The largest absolute Gasteiger partial charge is 0.340 e. The van der Waals surface area contributed by atoms with Crippen LogP contribution in [0.25, 0.3) is 0 Å². The van der Waals surface area contributed by atoms with Crippen LogP contribution in [0.5, 0.6) is 0 Å². The van der Waals surface area contributed by atoms with Crippen molar-refractivity contribution in [1.29, 1.82) is 0 Å². The molecule has 2 aromatic carbocycles. The monoisotopic (exact) mass is 362 g/mol. The number of hydrogen-bond donors (Lipinski definition) is 0. The third-order valence-electron chi connectivity index (χ3n) is 5.88. The molecule has 0 N–H and O–H groups in total. The van der Waals surface area contributed by atoms with Crippen LogP contribution in [0.3, 0.4) is 0 Å². The summed E-state index contributed by atoms with van der Waals surface area (Å²) in [5.74, 6) is -0.681. The minimum Gasteiger partial charge on any atom is -0.287 e. The number of rotatable bonds is 2. The first-order valence-corrected chi connectivity index (χ1v) is 9.54. The van der Waals surface area contributed by atoms with E-state index in [0.717, 1.165) is 38.0 Å². The first kappa shape index (κ1) is 16.3. The molecule has 3 heterocycles. The highest BCUT2D eigenvalue weighted by Crippen LogP contribution is 2.45. The van der Waals surface area contributed by atoms with Crippen LogP contribution >= 0.6 is 0 Å². The molecule has 3 saturated heterocycles. The standard InChI is InChI=1S/C21H22N4O2/c26-19-23-16-8-15-22-14-7-13-21(22,23)25(18-11-5-2-6-12-18)20(27)24(19)17-9-3-1-4-10-17/h1-6,9-12H,7-8,13-16H2. The van der Waals surface area contributed by atoms with Crippen molar-refractivity contribution in [2.24, 2.45) is 0 Å². The fraction of sp³-hybridized carbons (Fsp3) is 0.333. The molecule has 2 aromatic rings. The first-order chi connectivity index (χ1) is 13.2. The van der Waals surface area contributed by atoms with Gasteiger partial charge in [-0.3, -0.25) is 14.7 Å². The summed E-state index contributed by atoms with van der Waals surface area (Å²) in [7, 11) is 0. The van der Waals surface area contributed by atoms with Crippen molar-refractivity contribution < 1.29 is 9.59 Å². The van der Waals surface area contributed by atoms with E-state index in [-0.39, 0.29) is 12.1 Å². The molecule has 6 heteroatoms. The van der Waals surface area contributed by atoms with E-state index >= 15 is 0 Å². The number of benzene rings is 2. The normalized spacial score (nSPS) is 25.6. The zero-order valence-electron chi connectivity index (χ0n) is 15.1. The van der Waals surface area contributed by atoms with E-state index < -0.39 is 5.79 Å². The maximum Gasteiger partial charge on any atom is 0.340 e. The lowest BCUT2D eigenvalue weighted by atomic mass is 10.0. The average molecular weight is 362 g/mol. The summed E-state index contributed by atoms with van der Waals surface area (Å²) in [5, 5.41) is 0. The first-order valence-electron chi connectivity index (χ1n) is 9.54. The number of para-hydroxylation sites is 2. The van der Waals surface area contributed by atoms with Crippen LogP contribution in [0.4, 0.5) is 21.0 Å². The zero-order valence-corrected chi connectivity index (χ0v) is 15.1. The van der Waals surface area contributed by atoms with Gasteiger partial charge in [0.25, 0.3) is 0 Å². The van der Waals surface area contributed by atoms with Crippen LogP contribution in [-0.2, 0) is 0 Å². The summed E-state index contributed by atoms with van der Waals surface area (Å²) in [6, 6.07) is 18.5. The summed E-state index contributed by atoms with van der Waals surface area (Å²) in [4.78, 5) is 34.5. The summed E-state index contributed by atoms with van der Waals surface area (Å²) in [5.41, 5.74) is 1.44. The number of carbonyl (C=O) groups is 2. The summed E-state index contributed by atoms with van der Waals surface area (Å²) in [6.45, 7) is 2.48. The molecule has 0 radical (unpaired) electrons. The predicted molar refractivity (Wildman–Crippen MR) is 103 cm³/mol. The van der Waals surface area contributed by atoms with E-state index in [9.17, 15) is 9.59 Å². The second kappa shape index (κ2) is 6.09. The van der Waals surface area contributed by atoms with Gasteiger partial charge in [-0.25, -0.2) is 14.5 Å². The molecule has 4 amide bonds. The minimum atomic E-state index is -0.681. The van der Waals surface area contributed by atoms with Gasteiger partial charge in [-0.05, 0) is 37.1 Å². The molecular weight excluding hydrogens is 340 g/mol. The molecular formula is C21H22N4O2. The molecule has 27 heavy (non-hydrogen) atoms. The Balaban J connectivity index is 1.69. The SMILES string of the molecule is O=C1N(c2ccccc2)C(=O)N(c2ccccc2)C23CCCN2CCCN13. The van der Waals surface area contributed by atoms with Gasteiger partial charge in [-0.2, -0.15) is 0 Å². The molecule has 0 bridgehead atoms. The van der Waals surface area contributed by atoms with E-state index in [1.165, 1.54) is 4.90 Å². The van der Waals surface area contributed by atoms with Gasteiger partial charge in [0.15, 0.2) is 5.79 Å². The molecule has 0 aliphatic carbocycles. The van der Waals surface area contributed by atoms with Crippen molar-refractivity contribution in [1.82, 2.24) is 9.80 Å². The Bertz CT molecular complexity index is 872. The number of urea groups is 2. The van der Waals surface area contributed by atoms with E-state index in [0.29, 0.717) is 12.2 Å². The molecule has 1 unspecified atom stereocenters. The lowest BCUT2D eigenvalue weighted by molar-refractivity contribution is -0.0335. The van der Waals surface area contributed by atoms with Gasteiger partial charge in [-0.1, -0.05) is 36.4 Å². The zero-order chi connectivity index (χ0) is 18.4. The second-order valence-electron chi connectivity index (χ2n) is 7.28. The Morgan fingerprint density at radius 2 is 1.33 bits per heavy atom. The Kier molecular flexibility index (Phi) is 3.68. The molecule has 3 fully saturated rings. The molecule has 138 valence electrons. The van der Waals surface area contributed by atoms with E-state index in [1.807, 2.05) is 70.5 Å². The summed E-state index contributed by atoms with van der Waals surface area (Å²) in [6.07, 6.45) is 2.68. The van der Waals surface area contributed by atoms with Crippen molar-refractivity contribution in [2.75, 3.05) is 29.4 Å². The Labute approximate surface area is 158 Å². The third kappa shape index (κ3) is 2.23. The Hall–Kier alpha value is -2.86. The highest BCUT2D eigenvalue weighted by Gasteiger charge is 2.61. The van der Waals surface area contributed by atoms with E-state index in [4.69, 9.17) is 0 Å². The maximum atomic E-state index is 13.7. The molecule has 1 spiro atoms. The van der Waals surface area contributed by atoms with Crippen LogP contribution in [0.2, 0.25) is 0 Å². The highest BCUT2D eigenvalue weighted by molar-refractivity contribution is 6.21. The van der Waals surface area contributed by atoms with Crippen molar-refractivity contribution in [2.45, 2.75) is 25.0 Å². The topological polar surface area (TPSA) is 47.1 Å². The predicted octanol–water partition coefficient (Wildman–Crippen LogP) is 3.71. The number of amides is 4. The maximum absolute atomic E-state index is 13.7. The van der Waals surface area contributed by atoms with Crippen LogP contribution in [0.1, 0.15) is 19.3 Å². The van der Waals surface area contributed by atoms with Gasteiger partial charge in [0.1, 0.15) is 0 Å². The van der Waals surface area contributed by atoms with Crippen molar-refractivity contribution in [3.05, 3.63) is 60.7 Å². The third-order valence-corrected chi connectivity index (χ3v) is 5.88. The lowest BCUT2D eigenvalue weighted by Crippen LogP contribution is -2.80. The van der Waals surface area contributed by atoms with Crippen molar-refractivity contribution in [3.8, 4) is 0 Å². The molecule has 3 aliphatic rings. The second-order valence-corrected chi connectivity index (χ2v) is 7.28. The van der Waals surface area contributed by atoms with Gasteiger partial charge in [0.05, 0.1) is 5.69 Å². The molecule has 3 aliphatic heterocycles. The van der Waals surface area contributed by atoms with Crippen LogP contribution < -0.4 is 9.80 Å². The number of nitrogens with zero attached hydrogens (tertiary/aromatic N) is 4. The number of hydrogen-bond acceptors (Lipinski definition) is 3. The smallest absolute Gasteiger partial charge is 0.287 e. The van der Waals surface area contributed by atoms with Gasteiger partial charge in [0, 0.05) is 31.7 Å². The summed E-state index contributed by atoms with van der Waals surface area (Å²) >= 11 is 0. The van der Waals surface area contributed by atoms with Crippen LogP contribution in [-0.4, -0.2) is 47.3 Å². The number of imide groups is 1.